The summed E-state index contributed by atoms with van der Waals surface area (Å²) < 4.78 is 54.0. The summed E-state index contributed by atoms with van der Waals surface area (Å²) >= 11 is 0. The van der Waals surface area contributed by atoms with E-state index >= 15 is 0 Å². The highest BCUT2D eigenvalue weighted by atomic mass is 31.2. The van der Waals surface area contributed by atoms with Crippen molar-refractivity contribution in [1.29, 1.82) is 5.26 Å². The van der Waals surface area contributed by atoms with Crippen molar-refractivity contribution in [3.8, 4) is 23.4 Å². The molecule has 19 nitrogen and oxygen atoms in total. The minimum absolute atomic E-state index is 0.0159. The van der Waals surface area contributed by atoms with Gasteiger partial charge in [0.05, 0.1) is 71.0 Å². The van der Waals surface area contributed by atoms with Crippen LogP contribution >= 0.6 is 8.53 Å². The molecule has 368 valence electrons. The number of hydrogen-bond acceptors (Lipinski definition) is 16. The van der Waals surface area contributed by atoms with Crippen LogP contribution < -0.4 is 19.5 Å². The van der Waals surface area contributed by atoms with Crippen molar-refractivity contribution >= 4 is 37.4 Å². The Labute approximate surface area is 407 Å². The van der Waals surface area contributed by atoms with E-state index in [4.69, 9.17) is 42.5 Å². The summed E-state index contributed by atoms with van der Waals surface area (Å²) in [6.45, 7) is 8.46. The molecule has 3 heterocycles. The maximum Gasteiger partial charge on any atom is 0.414 e. The topological polar surface area (TPSA) is 217 Å². The van der Waals surface area contributed by atoms with E-state index in [-0.39, 0.29) is 62.3 Å². The molecule has 1 amide bonds. The SMILES string of the molecule is COc1ccc(C(OC[C@H]2O[C@@H](n3cnc4c(OC)nc(NC(=O)OCCc5ccc([N+](=O)[O-])cc5)nc43)C[C@@H]2OP(OCCC#N)N(C(C)C)C(C)C)(c2ccccc2)c2ccc(OC)cc2)cc1. The molecule has 0 saturated carbocycles. The first-order valence-corrected chi connectivity index (χ1v) is 23.9. The van der Waals surface area contributed by atoms with Gasteiger partial charge in [0.1, 0.15) is 29.4 Å². The van der Waals surface area contributed by atoms with Crippen LogP contribution in [0.2, 0.25) is 0 Å². The van der Waals surface area contributed by atoms with Gasteiger partial charge in [0.2, 0.25) is 11.8 Å². The van der Waals surface area contributed by atoms with Gasteiger partial charge in [-0.3, -0.25) is 20.0 Å². The summed E-state index contributed by atoms with van der Waals surface area (Å²) in [7, 11) is 2.95. The van der Waals surface area contributed by atoms with Crippen LogP contribution in [0.1, 0.15) is 69.0 Å². The summed E-state index contributed by atoms with van der Waals surface area (Å²) in [5, 5.41) is 23.1. The molecule has 1 saturated heterocycles. The summed E-state index contributed by atoms with van der Waals surface area (Å²) in [6.07, 6.45) is -0.562. The predicted molar refractivity (Wildman–Crippen MR) is 261 cm³/mol. The maximum absolute atomic E-state index is 13.1. The molecule has 0 bridgehead atoms. The van der Waals surface area contributed by atoms with E-state index < -0.39 is 43.6 Å². The lowest BCUT2D eigenvalue weighted by Gasteiger charge is -2.39. The highest BCUT2D eigenvalue weighted by Gasteiger charge is 2.45. The number of imidazole rings is 1. The van der Waals surface area contributed by atoms with Gasteiger partial charge in [0, 0.05) is 37.1 Å². The van der Waals surface area contributed by atoms with E-state index in [0.717, 1.165) is 22.3 Å². The Morgan fingerprint density at radius 3 is 2.10 bits per heavy atom. The Morgan fingerprint density at radius 2 is 1.53 bits per heavy atom. The second-order valence-electron chi connectivity index (χ2n) is 16.7. The monoisotopic (exact) mass is 976 g/mol. The van der Waals surface area contributed by atoms with Crippen LogP contribution in [0, 0.1) is 21.4 Å². The van der Waals surface area contributed by atoms with Crippen molar-refractivity contribution < 1.29 is 47.2 Å². The maximum atomic E-state index is 13.1. The minimum Gasteiger partial charge on any atom is -0.497 e. The lowest BCUT2D eigenvalue weighted by molar-refractivity contribution is -0.384. The number of nitriles is 1. The van der Waals surface area contributed by atoms with Gasteiger partial charge in [-0.25, -0.2) is 14.4 Å². The van der Waals surface area contributed by atoms with E-state index in [9.17, 15) is 20.2 Å². The molecule has 6 aromatic rings. The highest BCUT2D eigenvalue weighted by molar-refractivity contribution is 7.44. The molecule has 4 atom stereocenters. The zero-order valence-corrected chi connectivity index (χ0v) is 41.0. The number of nitrogens with zero attached hydrogens (tertiary/aromatic N) is 7. The molecule has 7 rings (SSSR count). The standard InChI is InChI=1S/C50H57N8O11P/c1-33(2)57(34(3)4)70(67-28-11-27-51)69-42-30-44(56-32-52-45-46(56)53-48(54-47(45)64-7)55-49(59)65-29-26-35-14-20-39(21-15-35)58(60)61)68-43(42)31-66-50(36-12-9-8-10-13-36,37-16-22-40(62-5)23-17-37)38-18-24-41(63-6)25-19-38/h8-10,12-25,32-34,42-44H,11,26,28-31H2,1-7H3,(H,53,54,55,59)/t42-,43+,44+,70?/m0/s1. The normalized spacial score (nSPS) is 16.3. The van der Waals surface area contributed by atoms with Crippen LogP contribution in [-0.4, -0.2) is 101 Å². The Balaban J connectivity index is 1.23. The predicted octanol–water partition coefficient (Wildman–Crippen LogP) is 9.51. The number of nitro benzene ring substituents is 1. The first-order valence-electron chi connectivity index (χ1n) is 22.7. The second kappa shape index (κ2) is 23.7. The van der Waals surface area contributed by atoms with Gasteiger partial charge in [0.25, 0.3) is 14.2 Å². The number of nitrogens with one attached hydrogen (secondary N) is 1. The number of fused-ring (bicyclic) bond motifs is 1. The Morgan fingerprint density at radius 1 is 0.900 bits per heavy atom. The van der Waals surface area contributed by atoms with Crippen LogP contribution in [0.5, 0.6) is 17.4 Å². The second-order valence-corrected chi connectivity index (χ2v) is 18.1. The number of nitro groups is 1. The van der Waals surface area contributed by atoms with E-state index in [1.165, 1.54) is 19.2 Å². The van der Waals surface area contributed by atoms with E-state index in [0.29, 0.717) is 29.1 Å². The molecule has 1 N–H and O–H groups in total. The molecule has 20 heteroatoms. The zero-order valence-electron chi connectivity index (χ0n) is 40.1. The van der Waals surface area contributed by atoms with E-state index in [2.05, 4.69) is 53.7 Å². The molecule has 0 aliphatic carbocycles. The number of carbonyl (C=O) groups excluding carboxylic acids is 1. The third-order valence-electron chi connectivity index (χ3n) is 11.6. The zero-order chi connectivity index (χ0) is 49.8. The van der Waals surface area contributed by atoms with E-state index in [1.807, 2.05) is 78.9 Å². The van der Waals surface area contributed by atoms with Crippen molar-refractivity contribution in [2.24, 2.45) is 0 Å². The average Bonchev–Trinajstić information content (AvgIpc) is 3.98. The quantitative estimate of drug-likeness (QED) is 0.0208. The van der Waals surface area contributed by atoms with Crippen molar-refractivity contribution in [2.45, 2.75) is 83.1 Å². The average molecular weight is 977 g/mol. The van der Waals surface area contributed by atoms with Crippen molar-refractivity contribution in [2.75, 3.05) is 46.5 Å². The third kappa shape index (κ3) is 11.8. The number of carbonyl (C=O) groups is 1. The number of rotatable bonds is 23. The molecule has 1 aliphatic rings. The molecule has 0 spiro atoms. The van der Waals surface area contributed by atoms with Crippen LogP contribution in [0.25, 0.3) is 11.2 Å². The van der Waals surface area contributed by atoms with Gasteiger partial charge in [0.15, 0.2) is 11.2 Å². The fraction of sp³-hybridized carbons (Fsp3) is 0.380. The number of ether oxygens (including phenoxy) is 6. The van der Waals surface area contributed by atoms with Gasteiger partial charge in [-0.1, -0.05) is 66.7 Å². The summed E-state index contributed by atoms with van der Waals surface area (Å²) in [4.78, 5) is 37.3. The molecule has 1 unspecified atom stereocenters. The molecule has 70 heavy (non-hydrogen) atoms. The van der Waals surface area contributed by atoms with Crippen LogP contribution in [0.3, 0.4) is 0 Å². The highest BCUT2D eigenvalue weighted by Crippen LogP contribution is 2.51. The summed E-state index contributed by atoms with van der Waals surface area (Å²) in [5.41, 5.74) is 2.67. The molecule has 4 aromatic carbocycles. The molecule has 1 fully saturated rings. The number of non-ortho nitro benzene ring substituents is 1. The van der Waals surface area contributed by atoms with Gasteiger partial charge < -0.3 is 37.5 Å². The molecule has 2 aromatic heterocycles. The van der Waals surface area contributed by atoms with Crippen LogP contribution in [0.15, 0.2) is 109 Å². The van der Waals surface area contributed by atoms with Crippen molar-refractivity contribution in [3.05, 3.63) is 142 Å². The Kier molecular flexibility index (Phi) is 17.3. The molecular weight excluding hydrogens is 920 g/mol. The summed E-state index contributed by atoms with van der Waals surface area (Å²) in [5.74, 6) is 1.36. The number of methoxy groups -OCH3 is 3. The van der Waals surface area contributed by atoms with Gasteiger partial charge in [-0.05, 0) is 74.2 Å². The lowest BCUT2D eigenvalue weighted by atomic mass is 9.80. The van der Waals surface area contributed by atoms with E-state index in [1.54, 1.807) is 37.2 Å². The fourth-order valence-electron chi connectivity index (χ4n) is 8.30. The van der Waals surface area contributed by atoms with Gasteiger partial charge in [-0.2, -0.15) is 15.2 Å². The molecule has 0 radical (unpaired) electrons. The van der Waals surface area contributed by atoms with Gasteiger partial charge >= 0.3 is 6.09 Å². The van der Waals surface area contributed by atoms with Crippen LogP contribution in [0.4, 0.5) is 16.4 Å². The number of benzene rings is 4. The number of aromatic nitrogens is 4. The smallest absolute Gasteiger partial charge is 0.414 e. The van der Waals surface area contributed by atoms with Crippen molar-refractivity contribution in [1.82, 2.24) is 24.2 Å². The number of hydrogen-bond donors (Lipinski definition) is 1. The Hall–Kier alpha value is -6.78. The lowest BCUT2D eigenvalue weighted by Crippen LogP contribution is -2.39. The first-order chi connectivity index (χ1) is 33.9. The fourth-order valence-corrected chi connectivity index (χ4v) is 10.1. The summed E-state index contributed by atoms with van der Waals surface area (Å²) in [6, 6.07) is 33.7. The minimum atomic E-state index is -1.73. The molecular formula is C50H57N8O11P. The number of amides is 1. The van der Waals surface area contributed by atoms with Crippen molar-refractivity contribution in [3.63, 3.8) is 0 Å². The Bertz CT molecular complexity index is 2650. The van der Waals surface area contributed by atoms with Gasteiger partial charge in [-0.15, -0.1) is 0 Å². The van der Waals surface area contributed by atoms with Crippen LogP contribution in [-0.2, 0) is 35.3 Å². The third-order valence-corrected chi connectivity index (χ3v) is 13.7. The number of anilines is 1. The largest absolute Gasteiger partial charge is 0.497 e. The molecule has 1 aliphatic heterocycles. The first kappa shape index (κ1) is 51.1.